The summed E-state index contributed by atoms with van der Waals surface area (Å²) >= 11 is 1.19. The number of methoxy groups -OCH3 is 1. The normalized spacial score (nSPS) is 10.5. The molecular weight excluding hydrogens is 429 g/mol. The molecule has 0 aromatic heterocycles. The Kier molecular flexibility index (Phi) is 8.77. The van der Waals surface area contributed by atoms with Gasteiger partial charge in [-0.05, 0) is 35.7 Å². The van der Waals surface area contributed by atoms with Crippen LogP contribution in [0.5, 0.6) is 11.5 Å². The highest BCUT2D eigenvalue weighted by Gasteiger charge is 2.32. The topological polar surface area (TPSA) is 73.6 Å². The first kappa shape index (κ1) is 24.1. The molecule has 9 heteroatoms. The molecule has 3 aromatic rings. The Labute approximate surface area is 182 Å². The molecule has 0 radical (unpaired) electrons. The predicted molar refractivity (Wildman–Crippen MR) is 117 cm³/mol. The zero-order chi connectivity index (χ0) is 22.9. The van der Waals surface area contributed by atoms with Crippen molar-refractivity contribution in [2.45, 2.75) is 11.3 Å². The van der Waals surface area contributed by atoms with Crippen molar-refractivity contribution in [1.29, 1.82) is 0 Å². The molecular formula is C22H21F3N2O3S. The van der Waals surface area contributed by atoms with E-state index in [-0.39, 0.29) is 5.75 Å². The number of nitrogens with two attached hydrogens (primary N) is 1. The van der Waals surface area contributed by atoms with Crippen molar-refractivity contribution in [1.82, 2.24) is 0 Å². The molecule has 0 atom stereocenters. The van der Waals surface area contributed by atoms with Gasteiger partial charge in [-0.25, -0.2) is 0 Å². The molecule has 0 aliphatic carbocycles. The van der Waals surface area contributed by atoms with Gasteiger partial charge < -0.3 is 14.8 Å². The highest BCUT2D eigenvalue weighted by molar-refractivity contribution is 7.97. The number of carbonyl (C=O) groups is 1. The largest absolute Gasteiger partial charge is 0.573 e. The molecule has 0 amide bonds. The number of hydrogen-bond donors (Lipinski definition) is 2. The molecule has 0 saturated heterocycles. The van der Waals surface area contributed by atoms with Crippen LogP contribution in [0.2, 0.25) is 0 Å². The van der Waals surface area contributed by atoms with E-state index in [0.717, 1.165) is 16.3 Å². The zero-order valence-corrected chi connectivity index (χ0v) is 17.6. The number of carbonyl (C=O) groups excluding carboxylic acids is 1. The second-order valence-electron chi connectivity index (χ2n) is 6.02. The van der Waals surface area contributed by atoms with Crippen LogP contribution in [-0.4, -0.2) is 26.8 Å². The number of anilines is 1. The molecule has 0 aliphatic heterocycles. The maximum absolute atomic E-state index is 12.3. The molecule has 0 heterocycles. The van der Waals surface area contributed by atoms with E-state index in [0.29, 0.717) is 23.0 Å². The monoisotopic (exact) mass is 450 g/mol. The molecule has 3 rings (SSSR count). The van der Waals surface area contributed by atoms with Crippen molar-refractivity contribution >= 4 is 23.9 Å². The van der Waals surface area contributed by atoms with E-state index < -0.39 is 6.36 Å². The summed E-state index contributed by atoms with van der Waals surface area (Å²) in [7, 11) is 3.50. The number of benzene rings is 3. The van der Waals surface area contributed by atoms with Gasteiger partial charge in [0.05, 0.1) is 12.0 Å². The Morgan fingerprint density at radius 3 is 2.23 bits per heavy atom. The van der Waals surface area contributed by atoms with Gasteiger partial charge in [0.1, 0.15) is 17.8 Å². The van der Waals surface area contributed by atoms with Crippen LogP contribution in [0.15, 0.2) is 71.6 Å². The minimum Gasteiger partial charge on any atom is -0.495 e. The van der Waals surface area contributed by atoms with Crippen molar-refractivity contribution in [3.63, 3.8) is 0 Å². The first-order chi connectivity index (χ1) is 14.8. The van der Waals surface area contributed by atoms with Crippen LogP contribution < -0.4 is 19.9 Å². The van der Waals surface area contributed by atoms with Crippen LogP contribution in [-0.2, 0) is 0 Å². The molecule has 0 fully saturated rings. The van der Waals surface area contributed by atoms with Gasteiger partial charge in [-0.3, -0.25) is 9.93 Å². The van der Waals surface area contributed by atoms with E-state index in [9.17, 15) is 18.0 Å². The van der Waals surface area contributed by atoms with Crippen LogP contribution in [0.1, 0.15) is 10.4 Å². The van der Waals surface area contributed by atoms with Crippen LogP contribution in [0.3, 0.4) is 0 Å². The predicted octanol–water partition coefficient (Wildman–Crippen LogP) is 5.77. The van der Waals surface area contributed by atoms with E-state index in [4.69, 9.17) is 9.88 Å². The van der Waals surface area contributed by atoms with Gasteiger partial charge >= 0.3 is 6.36 Å². The summed E-state index contributed by atoms with van der Waals surface area (Å²) in [5.74, 6) is 0.531. The number of alkyl halides is 3. The lowest BCUT2D eigenvalue weighted by molar-refractivity contribution is -0.274. The summed E-state index contributed by atoms with van der Waals surface area (Å²) in [6.45, 7) is 0. The van der Waals surface area contributed by atoms with Gasteiger partial charge in [0.2, 0.25) is 0 Å². The lowest BCUT2D eigenvalue weighted by Gasteiger charge is -2.13. The second kappa shape index (κ2) is 11.3. The van der Waals surface area contributed by atoms with Gasteiger partial charge in [-0.15, -0.1) is 13.2 Å². The maximum Gasteiger partial charge on any atom is 0.573 e. The zero-order valence-electron chi connectivity index (χ0n) is 16.8. The van der Waals surface area contributed by atoms with Crippen LogP contribution >= 0.6 is 11.9 Å². The number of nitrogens with one attached hydrogen (secondary N) is 1. The fourth-order valence-electron chi connectivity index (χ4n) is 2.58. The lowest BCUT2D eigenvalue weighted by atomic mass is 10.0. The highest BCUT2D eigenvalue weighted by atomic mass is 32.2. The number of hydrogen-bond acceptors (Lipinski definition) is 6. The molecule has 0 bridgehead atoms. The van der Waals surface area contributed by atoms with E-state index in [2.05, 4.69) is 10.1 Å². The van der Waals surface area contributed by atoms with Gasteiger partial charge in [0, 0.05) is 29.9 Å². The number of halogens is 3. The van der Waals surface area contributed by atoms with Crippen LogP contribution in [0.25, 0.3) is 11.1 Å². The fraction of sp³-hybridized carbons (Fsp3) is 0.136. The molecule has 0 aliphatic rings. The number of para-hydroxylation sites is 1. The van der Waals surface area contributed by atoms with Gasteiger partial charge in [-0.2, -0.15) is 0 Å². The van der Waals surface area contributed by atoms with Crippen molar-refractivity contribution in [3.05, 3.63) is 72.3 Å². The molecule has 3 N–H and O–H groups in total. The summed E-state index contributed by atoms with van der Waals surface area (Å²) < 4.78 is 46.0. The Morgan fingerprint density at radius 1 is 1.00 bits per heavy atom. The Morgan fingerprint density at radius 2 is 1.68 bits per heavy atom. The summed E-state index contributed by atoms with van der Waals surface area (Å²) in [6.07, 6.45) is -4.07. The van der Waals surface area contributed by atoms with Crippen molar-refractivity contribution in [2.75, 3.05) is 19.5 Å². The molecule has 0 spiro atoms. The summed E-state index contributed by atoms with van der Waals surface area (Å²) in [6, 6.07) is 17.9. The molecule has 0 saturated carbocycles. The minimum atomic E-state index is -4.74. The van der Waals surface area contributed by atoms with Gasteiger partial charge in [0.15, 0.2) is 0 Å². The van der Waals surface area contributed by atoms with Crippen molar-refractivity contribution < 1.29 is 27.4 Å². The average Bonchev–Trinajstić information content (AvgIpc) is 2.78. The maximum atomic E-state index is 12.3. The minimum absolute atomic E-state index is 0.270. The van der Waals surface area contributed by atoms with E-state index >= 15 is 0 Å². The van der Waals surface area contributed by atoms with Crippen LogP contribution in [0, 0.1) is 0 Å². The Balaban J connectivity index is 0.000000245. The summed E-state index contributed by atoms with van der Waals surface area (Å²) in [5, 5.41) is 8.46. The fourth-order valence-corrected chi connectivity index (χ4v) is 2.99. The first-order valence-electron chi connectivity index (χ1n) is 8.94. The summed E-state index contributed by atoms with van der Waals surface area (Å²) in [5.41, 5.74) is 2.34. The highest BCUT2D eigenvalue weighted by Crippen LogP contribution is 2.33. The summed E-state index contributed by atoms with van der Waals surface area (Å²) in [4.78, 5) is 11.5. The molecule has 5 nitrogen and oxygen atoms in total. The van der Waals surface area contributed by atoms with E-state index in [1.54, 1.807) is 25.3 Å². The third-order valence-electron chi connectivity index (χ3n) is 4.05. The second-order valence-corrected chi connectivity index (χ2v) is 6.69. The lowest BCUT2D eigenvalue weighted by Crippen LogP contribution is -2.17. The number of rotatable bonds is 6. The van der Waals surface area contributed by atoms with E-state index in [1.807, 2.05) is 25.2 Å². The van der Waals surface area contributed by atoms with E-state index in [1.165, 1.54) is 42.3 Å². The average molecular weight is 450 g/mol. The number of aldehydes is 1. The molecule has 0 unspecified atom stereocenters. The molecule has 164 valence electrons. The number of ether oxygens (including phenoxy) is 2. The van der Waals surface area contributed by atoms with Crippen molar-refractivity contribution in [3.8, 4) is 22.6 Å². The standard InChI is InChI=1S/C14H9F3O2.C8H12N2OS/c15-14(16,17)19-13-4-2-1-3-12(13)11-7-5-10(9-18)6-8-11;1-10-6-3-4-8(12-9)7(5-6)11-2/h1-9H;3-5,10H,9H2,1-2H3. The molecule has 31 heavy (non-hydrogen) atoms. The van der Waals surface area contributed by atoms with Crippen LogP contribution in [0.4, 0.5) is 18.9 Å². The SMILES string of the molecule is CNc1ccc(SN)c(OC)c1.O=Cc1ccc(-c2ccccc2OC(F)(F)F)cc1. The van der Waals surface area contributed by atoms with Gasteiger partial charge in [-0.1, -0.05) is 42.5 Å². The van der Waals surface area contributed by atoms with Gasteiger partial charge in [0.25, 0.3) is 0 Å². The smallest absolute Gasteiger partial charge is 0.495 e. The Hall–Kier alpha value is -3.17. The Bertz CT molecular complexity index is 996. The molecule has 3 aromatic carbocycles. The first-order valence-corrected chi connectivity index (χ1v) is 9.82. The third-order valence-corrected chi connectivity index (χ3v) is 4.64. The quantitative estimate of drug-likeness (QED) is 0.367. The third kappa shape index (κ3) is 7.23. The van der Waals surface area contributed by atoms with Crippen molar-refractivity contribution in [2.24, 2.45) is 5.14 Å².